The van der Waals surface area contributed by atoms with Gasteiger partial charge in [0, 0.05) is 0 Å². The first-order valence-corrected chi connectivity index (χ1v) is 5.09. The predicted molar refractivity (Wildman–Crippen MR) is 53.6 cm³/mol. The smallest absolute Gasteiger partial charge is 0.306 e. The van der Waals surface area contributed by atoms with E-state index in [1.54, 1.807) is 0 Å². The van der Waals surface area contributed by atoms with E-state index in [0.717, 1.165) is 12.1 Å². The van der Waals surface area contributed by atoms with E-state index in [9.17, 15) is 22.0 Å². The van der Waals surface area contributed by atoms with Crippen molar-refractivity contribution >= 4 is 0 Å². The molecule has 1 atom stereocenters. The van der Waals surface area contributed by atoms with Gasteiger partial charge in [-0.2, -0.15) is 13.2 Å². The normalized spacial score (nSPS) is 13.8. The number of benzene rings is 1. The number of halogens is 5. The van der Waals surface area contributed by atoms with Gasteiger partial charge in [0.05, 0.1) is 0 Å². The van der Waals surface area contributed by atoms with Crippen LogP contribution in [0.3, 0.4) is 0 Å². The lowest BCUT2D eigenvalue weighted by atomic mass is 10.0. The molecule has 0 aliphatic heterocycles. The molecule has 0 bridgehead atoms. The summed E-state index contributed by atoms with van der Waals surface area (Å²) in [6, 6.07) is 1.33. The molecular weight excluding hydrogens is 241 g/mol. The molecule has 0 aromatic heterocycles. The molecule has 0 aliphatic carbocycles. The molecule has 1 N–H and O–H groups in total. The Kier molecular flexibility index (Phi) is 4.45. The molecule has 0 saturated carbocycles. The molecule has 6 heteroatoms. The minimum Gasteiger partial charge on any atom is -0.306 e. The molecule has 1 rings (SSSR count). The second-order valence-corrected chi connectivity index (χ2v) is 3.57. The summed E-state index contributed by atoms with van der Waals surface area (Å²) < 4.78 is 63.7. The van der Waals surface area contributed by atoms with Crippen LogP contribution in [-0.4, -0.2) is 18.8 Å². The lowest BCUT2D eigenvalue weighted by Gasteiger charge is -2.21. The first-order valence-electron chi connectivity index (χ1n) is 5.09. The van der Waals surface area contributed by atoms with Crippen molar-refractivity contribution in [2.24, 2.45) is 0 Å². The summed E-state index contributed by atoms with van der Waals surface area (Å²) in [5.74, 6) is -2.36. The van der Waals surface area contributed by atoms with Crippen LogP contribution in [0, 0.1) is 11.6 Å². The van der Waals surface area contributed by atoms with Gasteiger partial charge in [-0.1, -0.05) is 19.1 Å². The van der Waals surface area contributed by atoms with Crippen LogP contribution in [-0.2, 0) is 6.42 Å². The largest absolute Gasteiger partial charge is 0.404 e. The third kappa shape index (κ3) is 3.66. The highest BCUT2D eigenvalue weighted by atomic mass is 19.4. The lowest BCUT2D eigenvalue weighted by Crippen LogP contribution is -2.43. The van der Waals surface area contributed by atoms with Crippen LogP contribution in [0.2, 0.25) is 0 Å². The van der Waals surface area contributed by atoms with Gasteiger partial charge < -0.3 is 5.32 Å². The molecule has 1 aromatic carbocycles. The minimum atomic E-state index is -4.49. The molecule has 0 fully saturated rings. The molecule has 0 spiro atoms. The van der Waals surface area contributed by atoms with Crippen LogP contribution in [0.5, 0.6) is 0 Å². The van der Waals surface area contributed by atoms with Crippen molar-refractivity contribution in [3.05, 3.63) is 35.4 Å². The molecule has 0 amide bonds. The van der Waals surface area contributed by atoms with Crippen molar-refractivity contribution in [1.29, 1.82) is 0 Å². The highest BCUT2D eigenvalue weighted by molar-refractivity contribution is 5.20. The van der Waals surface area contributed by atoms with E-state index < -0.39 is 30.3 Å². The number of nitrogens with one attached hydrogen (secondary N) is 1. The standard InChI is InChI=1S/C11H12F5N/c1-2-17-9(11(14,15)16)6-7-4-3-5-8(12)10(7)13/h3-5,9,17H,2,6H2,1H3. The summed E-state index contributed by atoms with van der Waals surface area (Å²) in [7, 11) is 0. The number of likely N-dealkylation sites (N-methyl/N-ethyl adjacent to an activating group) is 1. The van der Waals surface area contributed by atoms with E-state index in [1.807, 2.05) is 0 Å². The van der Waals surface area contributed by atoms with Gasteiger partial charge in [-0.05, 0) is 24.6 Å². The topological polar surface area (TPSA) is 12.0 Å². The van der Waals surface area contributed by atoms with E-state index in [1.165, 1.54) is 13.0 Å². The summed E-state index contributed by atoms with van der Waals surface area (Å²) in [5, 5.41) is 2.20. The quantitative estimate of drug-likeness (QED) is 0.813. The van der Waals surface area contributed by atoms with Gasteiger partial charge in [-0.25, -0.2) is 8.78 Å². The summed E-state index contributed by atoms with van der Waals surface area (Å²) >= 11 is 0. The summed E-state index contributed by atoms with van der Waals surface area (Å²) in [5.41, 5.74) is -0.284. The monoisotopic (exact) mass is 253 g/mol. The van der Waals surface area contributed by atoms with Gasteiger partial charge in [-0.15, -0.1) is 0 Å². The maximum Gasteiger partial charge on any atom is 0.404 e. The van der Waals surface area contributed by atoms with Crippen molar-refractivity contribution in [2.75, 3.05) is 6.54 Å². The van der Waals surface area contributed by atoms with Crippen molar-refractivity contribution in [2.45, 2.75) is 25.6 Å². The Balaban J connectivity index is 2.90. The zero-order chi connectivity index (χ0) is 13.1. The average Bonchev–Trinajstić information content (AvgIpc) is 2.22. The second-order valence-electron chi connectivity index (χ2n) is 3.57. The highest BCUT2D eigenvalue weighted by Gasteiger charge is 2.39. The molecule has 96 valence electrons. The van der Waals surface area contributed by atoms with Gasteiger partial charge in [0.2, 0.25) is 0 Å². The van der Waals surface area contributed by atoms with Crippen LogP contribution >= 0.6 is 0 Å². The van der Waals surface area contributed by atoms with Crippen LogP contribution in [0.25, 0.3) is 0 Å². The summed E-state index contributed by atoms with van der Waals surface area (Å²) in [6.07, 6.45) is -5.12. The zero-order valence-electron chi connectivity index (χ0n) is 9.11. The number of hydrogen-bond acceptors (Lipinski definition) is 1. The van der Waals surface area contributed by atoms with E-state index >= 15 is 0 Å². The van der Waals surface area contributed by atoms with Crippen LogP contribution in [0.1, 0.15) is 12.5 Å². The predicted octanol–water partition coefficient (Wildman–Crippen LogP) is 3.05. The zero-order valence-corrected chi connectivity index (χ0v) is 9.11. The van der Waals surface area contributed by atoms with Crippen LogP contribution < -0.4 is 5.32 Å². The van der Waals surface area contributed by atoms with Crippen LogP contribution in [0.15, 0.2) is 18.2 Å². The Hall–Kier alpha value is -1.17. The Morgan fingerprint density at radius 1 is 1.24 bits per heavy atom. The SMILES string of the molecule is CCNC(Cc1cccc(F)c1F)C(F)(F)F. The average molecular weight is 253 g/mol. The molecule has 0 saturated heterocycles. The van der Waals surface area contributed by atoms with E-state index in [4.69, 9.17) is 0 Å². The molecular formula is C11H12F5N. The molecule has 1 unspecified atom stereocenters. The highest BCUT2D eigenvalue weighted by Crippen LogP contribution is 2.24. The van der Waals surface area contributed by atoms with E-state index in [2.05, 4.69) is 5.32 Å². The molecule has 17 heavy (non-hydrogen) atoms. The fourth-order valence-corrected chi connectivity index (χ4v) is 1.48. The van der Waals surface area contributed by atoms with Crippen molar-refractivity contribution in [3.8, 4) is 0 Å². The Morgan fingerprint density at radius 2 is 1.88 bits per heavy atom. The third-order valence-corrected chi connectivity index (χ3v) is 2.30. The van der Waals surface area contributed by atoms with Gasteiger partial charge in [0.1, 0.15) is 6.04 Å². The summed E-state index contributed by atoms with van der Waals surface area (Å²) in [4.78, 5) is 0. The van der Waals surface area contributed by atoms with Gasteiger partial charge in [0.25, 0.3) is 0 Å². The maximum atomic E-state index is 13.2. The Morgan fingerprint density at radius 3 is 2.41 bits per heavy atom. The lowest BCUT2D eigenvalue weighted by molar-refractivity contribution is -0.155. The maximum absolute atomic E-state index is 13.2. The van der Waals surface area contributed by atoms with Crippen LogP contribution in [0.4, 0.5) is 22.0 Å². The molecule has 0 aliphatic rings. The molecule has 0 radical (unpaired) electrons. The first kappa shape index (κ1) is 13.9. The fourth-order valence-electron chi connectivity index (χ4n) is 1.48. The summed E-state index contributed by atoms with van der Waals surface area (Å²) in [6.45, 7) is 1.61. The minimum absolute atomic E-state index is 0.0983. The van der Waals surface area contributed by atoms with Crippen molar-refractivity contribution < 1.29 is 22.0 Å². The second kappa shape index (κ2) is 5.44. The van der Waals surface area contributed by atoms with Gasteiger partial charge in [-0.3, -0.25) is 0 Å². The van der Waals surface area contributed by atoms with Crippen molar-refractivity contribution in [1.82, 2.24) is 5.32 Å². The fraction of sp³-hybridized carbons (Fsp3) is 0.455. The van der Waals surface area contributed by atoms with Gasteiger partial charge >= 0.3 is 6.18 Å². The molecule has 0 heterocycles. The first-order chi connectivity index (χ1) is 7.86. The molecule has 1 aromatic rings. The number of alkyl halides is 3. The van der Waals surface area contributed by atoms with Crippen molar-refractivity contribution in [3.63, 3.8) is 0 Å². The Bertz CT molecular complexity index is 375. The molecule has 1 nitrogen and oxygen atoms in total. The third-order valence-electron chi connectivity index (χ3n) is 2.30. The Labute approximate surface area is 95.6 Å². The number of hydrogen-bond donors (Lipinski definition) is 1. The van der Waals surface area contributed by atoms with E-state index in [0.29, 0.717) is 0 Å². The van der Waals surface area contributed by atoms with Gasteiger partial charge in [0.15, 0.2) is 11.6 Å². The van der Waals surface area contributed by atoms with E-state index in [-0.39, 0.29) is 12.1 Å². The number of rotatable bonds is 4.